The first-order valence-corrected chi connectivity index (χ1v) is 8.58. The molecule has 1 aromatic carbocycles. The monoisotopic (exact) mass is 317 g/mol. The molecule has 1 aliphatic heterocycles. The largest absolute Gasteiger partial charge is 0.507 e. The van der Waals surface area contributed by atoms with E-state index in [4.69, 9.17) is 4.74 Å². The molecule has 0 bridgehead atoms. The second kappa shape index (κ2) is 6.64. The predicted octanol–water partition coefficient (Wildman–Crippen LogP) is 4.59. The molecule has 0 saturated carbocycles. The van der Waals surface area contributed by atoms with E-state index in [2.05, 4.69) is 58.7 Å². The van der Waals surface area contributed by atoms with Crippen LogP contribution in [0.25, 0.3) is 0 Å². The first-order valence-electron chi connectivity index (χ1n) is 8.58. The van der Waals surface area contributed by atoms with Crippen molar-refractivity contribution in [3.05, 3.63) is 28.8 Å². The fourth-order valence-electron chi connectivity index (χ4n) is 2.82. The maximum Gasteiger partial charge on any atom is 0.128 e. The van der Waals surface area contributed by atoms with E-state index in [1.54, 1.807) is 0 Å². The van der Waals surface area contributed by atoms with Crippen molar-refractivity contribution < 1.29 is 9.84 Å². The molecule has 3 heteroatoms. The number of hydrogen-bond donors (Lipinski definition) is 1. The Morgan fingerprint density at radius 2 is 1.87 bits per heavy atom. The summed E-state index contributed by atoms with van der Waals surface area (Å²) in [5.74, 6) is 0.349. The van der Waals surface area contributed by atoms with Gasteiger partial charge >= 0.3 is 0 Å². The van der Waals surface area contributed by atoms with Gasteiger partial charge in [-0.15, -0.1) is 0 Å². The molecule has 1 aromatic rings. The Labute approximate surface area is 140 Å². The van der Waals surface area contributed by atoms with E-state index in [1.165, 1.54) is 5.56 Å². The molecule has 1 N–H and O–H groups in total. The molecule has 2 rings (SSSR count). The Hall–Kier alpha value is -1.35. The number of ether oxygens (including phenoxy) is 1. The summed E-state index contributed by atoms with van der Waals surface area (Å²) in [6.07, 6.45) is 4.25. The van der Waals surface area contributed by atoms with E-state index in [-0.39, 0.29) is 16.9 Å². The third-order valence-electron chi connectivity index (χ3n) is 4.38. The summed E-state index contributed by atoms with van der Waals surface area (Å²) in [5, 5.41) is 10.7. The summed E-state index contributed by atoms with van der Waals surface area (Å²) in [6.45, 7) is 14.5. The van der Waals surface area contributed by atoms with Crippen molar-refractivity contribution in [1.82, 2.24) is 0 Å². The Bertz CT molecular complexity index is 571. The van der Waals surface area contributed by atoms with Crippen LogP contribution in [0.3, 0.4) is 0 Å². The van der Waals surface area contributed by atoms with Gasteiger partial charge in [-0.3, -0.25) is 4.99 Å². The predicted molar refractivity (Wildman–Crippen MR) is 96.9 cm³/mol. The van der Waals surface area contributed by atoms with Crippen molar-refractivity contribution in [1.29, 1.82) is 0 Å². The highest BCUT2D eigenvalue weighted by atomic mass is 16.5. The lowest BCUT2D eigenvalue weighted by molar-refractivity contribution is 0.118. The second-order valence-corrected chi connectivity index (χ2v) is 8.59. The zero-order chi connectivity index (χ0) is 17.3. The molecule has 0 aromatic heterocycles. The van der Waals surface area contributed by atoms with Gasteiger partial charge in [0.2, 0.25) is 0 Å². The van der Waals surface area contributed by atoms with Crippen molar-refractivity contribution in [3.8, 4) is 5.75 Å². The van der Waals surface area contributed by atoms with Gasteiger partial charge in [0.15, 0.2) is 0 Å². The molecule has 3 nitrogen and oxygen atoms in total. The van der Waals surface area contributed by atoms with Gasteiger partial charge in [-0.25, -0.2) is 0 Å². The number of aromatic hydroxyl groups is 1. The minimum absolute atomic E-state index is 0.0326. The standard InChI is InChI=1S/C20H31NO2/c1-19(2,3)15-10-14(12-21-13-16-8-7-9-23-16)18(22)17(11-15)20(4,5)6/h10-12,16,22H,7-9,13H2,1-6H3. The number of phenols is 1. The lowest BCUT2D eigenvalue weighted by Crippen LogP contribution is -2.17. The van der Waals surface area contributed by atoms with Crippen LogP contribution >= 0.6 is 0 Å². The Balaban J connectivity index is 2.34. The van der Waals surface area contributed by atoms with E-state index in [0.29, 0.717) is 12.3 Å². The van der Waals surface area contributed by atoms with Crippen molar-refractivity contribution in [3.63, 3.8) is 0 Å². The van der Waals surface area contributed by atoms with Gasteiger partial charge in [0.05, 0.1) is 12.6 Å². The number of hydrogen-bond acceptors (Lipinski definition) is 3. The highest BCUT2D eigenvalue weighted by molar-refractivity contribution is 5.85. The Morgan fingerprint density at radius 1 is 1.17 bits per heavy atom. The summed E-state index contributed by atoms with van der Waals surface area (Å²) in [4.78, 5) is 4.52. The topological polar surface area (TPSA) is 41.8 Å². The molecule has 128 valence electrons. The summed E-state index contributed by atoms with van der Waals surface area (Å²) in [7, 11) is 0. The molecule has 1 aliphatic rings. The molecule has 1 atom stereocenters. The first-order chi connectivity index (χ1) is 10.6. The Morgan fingerprint density at radius 3 is 2.39 bits per heavy atom. The van der Waals surface area contributed by atoms with E-state index in [0.717, 1.165) is 30.6 Å². The molecule has 1 unspecified atom stereocenters. The quantitative estimate of drug-likeness (QED) is 0.829. The fraction of sp³-hybridized carbons (Fsp3) is 0.650. The van der Waals surface area contributed by atoms with Crippen LogP contribution in [-0.4, -0.2) is 30.6 Å². The minimum Gasteiger partial charge on any atom is -0.507 e. The number of phenolic OH excluding ortho intramolecular Hbond substituents is 1. The highest BCUT2D eigenvalue weighted by Crippen LogP contribution is 2.37. The van der Waals surface area contributed by atoms with Crippen molar-refractivity contribution >= 4 is 6.21 Å². The zero-order valence-electron chi connectivity index (χ0n) is 15.4. The van der Waals surface area contributed by atoms with E-state index in [1.807, 2.05) is 6.21 Å². The van der Waals surface area contributed by atoms with E-state index >= 15 is 0 Å². The van der Waals surface area contributed by atoms with Crippen LogP contribution in [0.15, 0.2) is 17.1 Å². The smallest absolute Gasteiger partial charge is 0.128 e. The summed E-state index contributed by atoms with van der Waals surface area (Å²) in [5.41, 5.74) is 2.93. The number of benzene rings is 1. The molecule has 1 heterocycles. The second-order valence-electron chi connectivity index (χ2n) is 8.59. The number of aliphatic imine (C=N–C) groups is 1. The van der Waals surface area contributed by atoms with Gasteiger partial charge in [0.1, 0.15) is 5.75 Å². The lowest BCUT2D eigenvalue weighted by Gasteiger charge is -2.27. The first kappa shape index (κ1) is 18.0. The van der Waals surface area contributed by atoms with Crippen LogP contribution in [0.2, 0.25) is 0 Å². The maximum atomic E-state index is 10.7. The average Bonchev–Trinajstić information content (AvgIpc) is 2.91. The van der Waals surface area contributed by atoms with Crippen molar-refractivity contribution in [2.75, 3.05) is 13.2 Å². The lowest BCUT2D eigenvalue weighted by atomic mass is 9.79. The molecule has 23 heavy (non-hydrogen) atoms. The van der Waals surface area contributed by atoms with Gasteiger partial charge < -0.3 is 9.84 Å². The summed E-state index contributed by atoms with van der Waals surface area (Å²) < 4.78 is 5.60. The van der Waals surface area contributed by atoms with Gasteiger partial charge in [-0.05, 0) is 35.3 Å². The molecule has 0 amide bonds. The van der Waals surface area contributed by atoms with E-state index in [9.17, 15) is 5.11 Å². The van der Waals surface area contributed by atoms with Crippen LogP contribution in [-0.2, 0) is 15.6 Å². The van der Waals surface area contributed by atoms with Crippen LogP contribution in [0.1, 0.15) is 71.1 Å². The number of nitrogens with zero attached hydrogens (tertiary/aromatic N) is 1. The summed E-state index contributed by atoms with van der Waals surface area (Å²) in [6, 6.07) is 4.19. The Kier molecular flexibility index (Phi) is 5.20. The van der Waals surface area contributed by atoms with Crippen LogP contribution in [0.4, 0.5) is 0 Å². The van der Waals surface area contributed by atoms with Crippen LogP contribution < -0.4 is 0 Å². The van der Waals surface area contributed by atoms with Crippen molar-refractivity contribution in [2.24, 2.45) is 4.99 Å². The number of rotatable bonds is 3. The molecule has 1 saturated heterocycles. The van der Waals surface area contributed by atoms with Crippen LogP contribution in [0, 0.1) is 0 Å². The molecule has 0 radical (unpaired) electrons. The van der Waals surface area contributed by atoms with Gasteiger partial charge in [0.25, 0.3) is 0 Å². The summed E-state index contributed by atoms with van der Waals surface area (Å²) >= 11 is 0. The molecule has 1 fully saturated rings. The molecule has 0 aliphatic carbocycles. The van der Waals surface area contributed by atoms with Gasteiger partial charge in [-0.1, -0.05) is 47.6 Å². The minimum atomic E-state index is -0.109. The van der Waals surface area contributed by atoms with E-state index < -0.39 is 0 Å². The fourth-order valence-corrected chi connectivity index (χ4v) is 2.82. The van der Waals surface area contributed by atoms with Crippen LogP contribution in [0.5, 0.6) is 5.75 Å². The molecule has 0 spiro atoms. The third-order valence-corrected chi connectivity index (χ3v) is 4.38. The van der Waals surface area contributed by atoms with Crippen molar-refractivity contribution in [2.45, 2.75) is 71.3 Å². The average molecular weight is 317 g/mol. The maximum absolute atomic E-state index is 10.7. The van der Waals surface area contributed by atoms with Gasteiger partial charge in [0, 0.05) is 23.9 Å². The molecular formula is C20H31NO2. The third kappa shape index (κ3) is 4.57. The SMILES string of the molecule is CC(C)(C)c1cc(C=NCC2CCCO2)c(O)c(C(C)(C)C)c1. The normalized spacial score (nSPS) is 19.7. The molecular weight excluding hydrogens is 286 g/mol. The highest BCUT2D eigenvalue weighted by Gasteiger charge is 2.24. The zero-order valence-corrected chi connectivity index (χ0v) is 15.4. The van der Waals surface area contributed by atoms with Gasteiger partial charge in [-0.2, -0.15) is 0 Å².